The summed E-state index contributed by atoms with van der Waals surface area (Å²) in [4.78, 5) is 24.5. The Hall–Kier alpha value is -2.96. The third kappa shape index (κ3) is 2.93. The molecule has 0 saturated heterocycles. The summed E-state index contributed by atoms with van der Waals surface area (Å²) in [6.45, 7) is 6.10. The third-order valence-corrected chi connectivity index (χ3v) is 4.17. The molecule has 0 spiro atoms. The Bertz CT molecular complexity index is 1040. The van der Waals surface area contributed by atoms with E-state index in [1.807, 2.05) is 51.1 Å². The number of aryl methyl sites for hydroxylation is 2. The molecule has 0 radical (unpaired) electrons. The zero-order chi connectivity index (χ0) is 18.3. The third-order valence-electron chi connectivity index (χ3n) is 4.17. The molecular weight excluding hydrogens is 318 g/mol. The topological polar surface area (TPSA) is 74.7 Å². The van der Waals surface area contributed by atoms with Gasteiger partial charge in [0.05, 0.1) is 11.4 Å². The van der Waals surface area contributed by atoms with Crippen LogP contribution >= 0.6 is 0 Å². The second kappa shape index (κ2) is 6.16. The molecule has 2 heterocycles. The van der Waals surface area contributed by atoms with Gasteiger partial charge < -0.3 is 0 Å². The van der Waals surface area contributed by atoms with Crippen LogP contribution < -0.4 is 11.2 Å². The van der Waals surface area contributed by atoms with Crippen LogP contribution in [-0.4, -0.2) is 24.1 Å². The number of rotatable bonds is 3. The molecule has 0 aliphatic heterocycles. The summed E-state index contributed by atoms with van der Waals surface area (Å²) in [6.07, 6.45) is 0. The molecule has 2 aromatic heterocycles. The van der Waals surface area contributed by atoms with Crippen molar-refractivity contribution in [2.24, 2.45) is 14.1 Å². The van der Waals surface area contributed by atoms with Gasteiger partial charge in [0.15, 0.2) is 0 Å². The minimum Gasteiger partial charge on any atom is -0.265 e. The van der Waals surface area contributed by atoms with Crippen molar-refractivity contribution in [2.45, 2.75) is 26.7 Å². The lowest BCUT2D eigenvalue weighted by Gasteiger charge is -2.09. The predicted octanol–water partition coefficient (Wildman–Crippen LogP) is 1.76. The summed E-state index contributed by atoms with van der Waals surface area (Å²) in [7, 11) is 2.96. The summed E-state index contributed by atoms with van der Waals surface area (Å²) in [5, 5.41) is 8.73. The van der Waals surface area contributed by atoms with Gasteiger partial charge in [-0.2, -0.15) is 5.10 Å². The molecule has 0 bridgehead atoms. The van der Waals surface area contributed by atoms with Crippen LogP contribution in [0.2, 0.25) is 0 Å². The van der Waals surface area contributed by atoms with Crippen LogP contribution in [0.25, 0.3) is 17.1 Å². The standard InChI is InChI=1S/C18H21N5O2/c1-11(2)14-10-15(13-8-6-12(3)7-9-13)23(19-14)16-17(24)21(4)18(25)22(5)20-16/h6-11H,1-5H3. The van der Waals surface area contributed by atoms with Gasteiger partial charge in [-0.05, 0) is 18.9 Å². The number of nitrogens with zero attached hydrogens (tertiary/aromatic N) is 5. The van der Waals surface area contributed by atoms with Crippen molar-refractivity contribution in [2.75, 3.05) is 0 Å². The average Bonchev–Trinajstić information content (AvgIpc) is 3.02. The molecule has 1 aromatic carbocycles. The molecule has 0 saturated carbocycles. The maximum Gasteiger partial charge on any atom is 0.346 e. The van der Waals surface area contributed by atoms with Crippen molar-refractivity contribution >= 4 is 0 Å². The van der Waals surface area contributed by atoms with E-state index >= 15 is 0 Å². The molecule has 130 valence electrons. The lowest BCUT2D eigenvalue weighted by molar-refractivity contribution is 0.577. The van der Waals surface area contributed by atoms with Crippen molar-refractivity contribution in [3.63, 3.8) is 0 Å². The SMILES string of the molecule is Cc1ccc(-c2cc(C(C)C)nn2-c2nn(C)c(=O)n(C)c2=O)cc1. The summed E-state index contributed by atoms with van der Waals surface area (Å²) < 4.78 is 3.71. The molecular formula is C18H21N5O2. The fraction of sp³-hybridized carbons (Fsp3) is 0.333. The van der Waals surface area contributed by atoms with Crippen LogP contribution in [-0.2, 0) is 14.1 Å². The van der Waals surface area contributed by atoms with Crippen molar-refractivity contribution in [3.8, 4) is 17.1 Å². The van der Waals surface area contributed by atoms with E-state index in [0.29, 0.717) is 0 Å². The Balaban J connectivity index is 2.31. The van der Waals surface area contributed by atoms with Crippen LogP contribution in [0.4, 0.5) is 0 Å². The van der Waals surface area contributed by atoms with E-state index in [1.165, 1.54) is 18.8 Å². The van der Waals surface area contributed by atoms with Gasteiger partial charge in [-0.25, -0.2) is 14.2 Å². The first-order chi connectivity index (χ1) is 11.8. The molecule has 7 heteroatoms. The number of hydrogen-bond donors (Lipinski definition) is 0. The van der Waals surface area contributed by atoms with Gasteiger partial charge in [0, 0.05) is 19.7 Å². The van der Waals surface area contributed by atoms with E-state index in [4.69, 9.17) is 0 Å². The Kier molecular flexibility index (Phi) is 4.16. The Labute approximate surface area is 145 Å². The van der Waals surface area contributed by atoms with Gasteiger partial charge >= 0.3 is 11.2 Å². The molecule has 7 nitrogen and oxygen atoms in total. The van der Waals surface area contributed by atoms with Crippen LogP contribution in [0.15, 0.2) is 39.9 Å². The summed E-state index contributed by atoms with van der Waals surface area (Å²) in [6, 6.07) is 9.95. The van der Waals surface area contributed by atoms with Gasteiger partial charge in [0.1, 0.15) is 0 Å². The van der Waals surface area contributed by atoms with Crippen LogP contribution in [0, 0.1) is 6.92 Å². The minimum atomic E-state index is -0.477. The molecule has 0 amide bonds. The summed E-state index contributed by atoms with van der Waals surface area (Å²) >= 11 is 0. The van der Waals surface area contributed by atoms with Crippen molar-refractivity contribution in [1.82, 2.24) is 24.1 Å². The van der Waals surface area contributed by atoms with Crippen LogP contribution in [0.3, 0.4) is 0 Å². The lowest BCUT2D eigenvalue weighted by atomic mass is 10.1. The molecule has 25 heavy (non-hydrogen) atoms. The highest BCUT2D eigenvalue weighted by atomic mass is 16.2. The van der Waals surface area contributed by atoms with Gasteiger partial charge in [-0.1, -0.05) is 43.7 Å². The molecule has 0 aliphatic carbocycles. The predicted molar refractivity (Wildman–Crippen MR) is 96.1 cm³/mol. The first-order valence-corrected chi connectivity index (χ1v) is 8.11. The average molecular weight is 339 g/mol. The first-order valence-electron chi connectivity index (χ1n) is 8.11. The van der Waals surface area contributed by atoms with E-state index in [1.54, 1.807) is 0 Å². The second-order valence-electron chi connectivity index (χ2n) is 6.48. The fourth-order valence-electron chi connectivity index (χ4n) is 2.59. The Morgan fingerprint density at radius 1 is 1.00 bits per heavy atom. The van der Waals surface area contributed by atoms with E-state index in [-0.39, 0.29) is 11.7 Å². The van der Waals surface area contributed by atoms with Crippen LogP contribution in [0.5, 0.6) is 0 Å². The number of hydrogen-bond acceptors (Lipinski definition) is 4. The van der Waals surface area contributed by atoms with Crippen molar-refractivity contribution in [3.05, 3.63) is 62.4 Å². The maximum absolute atomic E-state index is 12.6. The van der Waals surface area contributed by atoms with E-state index in [9.17, 15) is 9.59 Å². The van der Waals surface area contributed by atoms with E-state index < -0.39 is 11.2 Å². The molecule has 3 aromatic rings. The van der Waals surface area contributed by atoms with Gasteiger partial charge in [-0.3, -0.25) is 9.36 Å². The van der Waals surface area contributed by atoms with Gasteiger partial charge in [0.2, 0.25) is 5.82 Å². The molecule has 3 rings (SSSR count). The number of aromatic nitrogens is 5. The molecule has 0 N–H and O–H groups in total. The van der Waals surface area contributed by atoms with Crippen molar-refractivity contribution in [1.29, 1.82) is 0 Å². The molecule has 0 fully saturated rings. The fourth-order valence-corrected chi connectivity index (χ4v) is 2.59. The number of benzene rings is 1. The quantitative estimate of drug-likeness (QED) is 0.729. The van der Waals surface area contributed by atoms with E-state index in [2.05, 4.69) is 10.2 Å². The van der Waals surface area contributed by atoms with Gasteiger partial charge in [0.25, 0.3) is 0 Å². The Morgan fingerprint density at radius 2 is 1.64 bits per heavy atom. The van der Waals surface area contributed by atoms with Gasteiger partial charge in [-0.15, -0.1) is 5.10 Å². The second-order valence-corrected chi connectivity index (χ2v) is 6.48. The molecule has 0 aliphatic rings. The van der Waals surface area contributed by atoms with Crippen molar-refractivity contribution < 1.29 is 0 Å². The zero-order valence-corrected chi connectivity index (χ0v) is 15.0. The normalized spacial score (nSPS) is 11.3. The summed E-state index contributed by atoms with van der Waals surface area (Å²) in [5.74, 6) is 0.300. The highest BCUT2D eigenvalue weighted by molar-refractivity contribution is 5.62. The molecule has 0 atom stereocenters. The smallest absolute Gasteiger partial charge is 0.265 e. The maximum atomic E-state index is 12.6. The lowest BCUT2D eigenvalue weighted by Crippen LogP contribution is -2.41. The largest absolute Gasteiger partial charge is 0.346 e. The minimum absolute atomic E-state index is 0.104. The van der Waals surface area contributed by atoms with E-state index in [0.717, 1.165) is 31.8 Å². The highest BCUT2D eigenvalue weighted by Crippen LogP contribution is 2.25. The summed E-state index contributed by atoms with van der Waals surface area (Å²) in [5.41, 5.74) is 2.76. The Morgan fingerprint density at radius 3 is 2.24 bits per heavy atom. The monoisotopic (exact) mass is 339 g/mol. The highest BCUT2D eigenvalue weighted by Gasteiger charge is 2.19. The zero-order valence-electron chi connectivity index (χ0n) is 15.0. The first kappa shape index (κ1) is 16.9. The molecule has 0 unspecified atom stereocenters. The van der Waals surface area contributed by atoms with Crippen LogP contribution in [0.1, 0.15) is 31.0 Å².